The van der Waals surface area contributed by atoms with Crippen molar-refractivity contribution in [3.05, 3.63) is 59.7 Å². The number of amides is 4. The van der Waals surface area contributed by atoms with Gasteiger partial charge in [-0.1, -0.05) is 18.2 Å². The van der Waals surface area contributed by atoms with Gasteiger partial charge in [0.1, 0.15) is 17.1 Å². The van der Waals surface area contributed by atoms with Crippen LogP contribution < -0.4 is 14.4 Å². The van der Waals surface area contributed by atoms with Crippen molar-refractivity contribution < 1.29 is 23.9 Å². The van der Waals surface area contributed by atoms with Crippen LogP contribution in [0.2, 0.25) is 0 Å². The number of para-hydroxylation sites is 1. The Hall–Kier alpha value is -3.61. The highest BCUT2D eigenvalue weighted by atomic mass is 16.5. The van der Waals surface area contributed by atoms with Crippen molar-refractivity contribution in [3.8, 4) is 11.5 Å². The third-order valence-corrected chi connectivity index (χ3v) is 4.20. The van der Waals surface area contributed by atoms with Crippen molar-refractivity contribution in [2.75, 3.05) is 26.2 Å². The molecule has 0 aliphatic carbocycles. The SMILES string of the molecule is COc1ccc(/C=C2/C(=O)N(C)C(=O)N(c3ccccc3)C2=O)c(OC)c1. The second-order valence-electron chi connectivity index (χ2n) is 5.79. The molecule has 1 heterocycles. The van der Waals surface area contributed by atoms with Crippen molar-refractivity contribution in [2.45, 2.75) is 0 Å². The van der Waals surface area contributed by atoms with Crippen LogP contribution in [0.25, 0.3) is 6.08 Å². The van der Waals surface area contributed by atoms with Crippen LogP contribution >= 0.6 is 0 Å². The number of carbonyl (C=O) groups is 3. The summed E-state index contributed by atoms with van der Waals surface area (Å²) in [6.07, 6.45) is 1.42. The van der Waals surface area contributed by atoms with Crippen LogP contribution in [0.1, 0.15) is 5.56 Å². The van der Waals surface area contributed by atoms with Crippen molar-refractivity contribution >= 4 is 29.6 Å². The quantitative estimate of drug-likeness (QED) is 0.614. The van der Waals surface area contributed by atoms with E-state index < -0.39 is 17.8 Å². The van der Waals surface area contributed by atoms with E-state index in [-0.39, 0.29) is 5.57 Å². The molecule has 27 heavy (non-hydrogen) atoms. The van der Waals surface area contributed by atoms with E-state index in [4.69, 9.17) is 9.47 Å². The van der Waals surface area contributed by atoms with Gasteiger partial charge in [0, 0.05) is 18.7 Å². The van der Waals surface area contributed by atoms with Crippen LogP contribution in [0, 0.1) is 0 Å². The number of ether oxygens (including phenoxy) is 2. The summed E-state index contributed by atoms with van der Waals surface area (Å²) in [7, 11) is 4.35. The van der Waals surface area contributed by atoms with Gasteiger partial charge in [-0.05, 0) is 30.3 Å². The number of methoxy groups -OCH3 is 2. The number of carbonyl (C=O) groups excluding carboxylic acids is 3. The molecule has 0 bridgehead atoms. The van der Waals surface area contributed by atoms with E-state index in [0.717, 1.165) is 9.80 Å². The first-order valence-corrected chi connectivity index (χ1v) is 8.13. The zero-order valence-corrected chi connectivity index (χ0v) is 15.1. The number of likely N-dealkylation sites (N-methyl/N-ethyl adjacent to an activating group) is 1. The van der Waals surface area contributed by atoms with Crippen molar-refractivity contribution in [1.29, 1.82) is 0 Å². The average molecular weight is 366 g/mol. The number of imide groups is 2. The van der Waals surface area contributed by atoms with Gasteiger partial charge >= 0.3 is 6.03 Å². The fourth-order valence-corrected chi connectivity index (χ4v) is 2.74. The van der Waals surface area contributed by atoms with Crippen LogP contribution in [-0.2, 0) is 9.59 Å². The highest BCUT2D eigenvalue weighted by Crippen LogP contribution is 2.29. The van der Waals surface area contributed by atoms with Crippen molar-refractivity contribution in [3.63, 3.8) is 0 Å². The summed E-state index contributed by atoms with van der Waals surface area (Å²) in [4.78, 5) is 39.9. The summed E-state index contributed by atoms with van der Waals surface area (Å²) >= 11 is 0. The van der Waals surface area contributed by atoms with Crippen LogP contribution in [0.4, 0.5) is 10.5 Å². The molecule has 2 aromatic carbocycles. The lowest BCUT2D eigenvalue weighted by Crippen LogP contribution is -2.55. The Bertz CT molecular complexity index is 937. The minimum absolute atomic E-state index is 0.135. The summed E-state index contributed by atoms with van der Waals surface area (Å²) in [5.41, 5.74) is 0.773. The molecule has 0 N–H and O–H groups in total. The number of hydrogen-bond acceptors (Lipinski definition) is 5. The minimum Gasteiger partial charge on any atom is -0.497 e. The lowest BCUT2D eigenvalue weighted by atomic mass is 10.0. The Morgan fingerprint density at radius 1 is 0.889 bits per heavy atom. The average Bonchev–Trinajstić information content (AvgIpc) is 2.70. The number of rotatable bonds is 4. The monoisotopic (exact) mass is 366 g/mol. The number of benzene rings is 2. The first-order chi connectivity index (χ1) is 13.0. The Kier molecular flexibility index (Phi) is 4.94. The van der Waals surface area contributed by atoms with Crippen LogP contribution in [0.15, 0.2) is 54.1 Å². The fourth-order valence-electron chi connectivity index (χ4n) is 2.74. The molecule has 0 aromatic heterocycles. The molecule has 0 atom stereocenters. The molecular formula is C20H18N2O5. The van der Waals surface area contributed by atoms with Gasteiger partial charge in [-0.2, -0.15) is 0 Å². The lowest BCUT2D eigenvalue weighted by molar-refractivity contribution is -0.128. The molecule has 7 heteroatoms. The highest BCUT2D eigenvalue weighted by Gasteiger charge is 2.41. The number of urea groups is 1. The number of barbiturate groups is 1. The zero-order chi connectivity index (χ0) is 19.6. The predicted molar refractivity (Wildman–Crippen MR) is 99.6 cm³/mol. The van der Waals surface area contributed by atoms with Gasteiger partial charge < -0.3 is 9.47 Å². The van der Waals surface area contributed by atoms with E-state index in [0.29, 0.717) is 22.7 Å². The number of nitrogens with zero attached hydrogens (tertiary/aromatic N) is 2. The maximum Gasteiger partial charge on any atom is 0.338 e. The smallest absolute Gasteiger partial charge is 0.338 e. The summed E-state index contributed by atoms with van der Waals surface area (Å²) in [5.74, 6) is -0.344. The highest BCUT2D eigenvalue weighted by molar-refractivity contribution is 6.39. The van der Waals surface area contributed by atoms with Gasteiger partial charge in [-0.15, -0.1) is 0 Å². The van der Waals surface area contributed by atoms with Gasteiger partial charge in [0.2, 0.25) is 0 Å². The van der Waals surface area contributed by atoms with E-state index in [1.54, 1.807) is 48.5 Å². The summed E-state index contributed by atoms with van der Waals surface area (Å²) < 4.78 is 10.5. The normalized spacial score (nSPS) is 16.1. The summed E-state index contributed by atoms with van der Waals surface area (Å²) in [5, 5.41) is 0. The first-order valence-electron chi connectivity index (χ1n) is 8.13. The molecule has 0 saturated carbocycles. The molecule has 1 saturated heterocycles. The largest absolute Gasteiger partial charge is 0.497 e. The van der Waals surface area contributed by atoms with Crippen LogP contribution in [0.5, 0.6) is 11.5 Å². The van der Waals surface area contributed by atoms with Gasteiger partial charge in [0.15, 0.2) is 0 Å². The molecule has 0 unspecified atom stereocenters. The Labute approximate surface area is 156 Å². The van der Waals surface area contributed by atoms with E-state index in [2.05, 4.69) is 0 Å². The second kappa shape index (κ2) is 7.33. The molecule has 1 aliphatic rings. The molecule has 138 valence electrons. The maximum absolute atomic E-state index is 12.9. The van der Waals surface area contributed by atoms with Gasteiger partial charge in [0.05, 0.1) is 19.9 Å². The Morgan fingerprint density at radius 2 is 1.59 bits per heavy atom. The maximum atomic E-state index is 12.9. The van der Waals surface area contributed by atoms with Crippen LogP contribution in [-0.4, -0.2) is 44.0 Å². The Balaban J connectivity index is 2.09. The van der Waals surface area contributed by atoms with Gasteiger partial charge in [0.25, 0.3) is 11.8 Å². The zero-order valence-electron chi connectivity index (χ0n) is 15.1. The predicted octanol–water partition coefficient (Wildman–Crippen LogP) is 2.71. The summed E-state index contributed by atoms with van der Waals surface area (Å²) in [6.45, 7) is 0. The fraction of sp³-hybridized carbons (Fsp3) is 0.150. The number of hydrogen-bond donors (Lipinski definition) is 0. The summed E-state index contributed by atoms with van der Waals surface area (Å²) in [6, 6.07) is 12.8. The second-order valence-corrected chi connectivity index (χ2v) is 5.79. The molecule has 0 radical (unpaired) electrons. The van der Waals surface area contributed by atoms with Crippen molar-refractivity contribution in [2.24, 2.45) is 0 Å². The molecule has 2 aromatic rings. The number of anilines is 1. The van der Waals surface area contributed by atoms with Gasteiger partial charge in [-0.25, -0.2) is 9.69 Å². The molecule has 3 rings (SSSR count). The molecule has 1 aliphatic heterocycles. The lowest BCUT2D eigenvalue weighted by Gasteiger charge is -2.31. The van der Waals surface area contributed by atoms with E-state index in [9.17, 15) is 14.4 Å². The molecule has 0 spiro atoms. The van der Waals surface area contributed by atoms with Crippen LogP contribution in [0.3, 0.4) is 0 Å². The Morgan fingerprint density at radius 3 is 2.22 bits per heavy atom. The van der Waals surface area contributed by atoms with Crippen molar-refractivity contribution in [1.82, 2.24) is 4.90 Å². The van der Waals surface area contributed by atoms with Gasteiger partial charge in [-0.3, -0.25) is 14.5 Å². The standard InChI is InChI=1S/C20H18N2O5/c1-21-18(23)16(11-13-9-10-15(26-2)12-17(13)27-3)19(24)22(20(21)25)14-7-5-4-6-8-14/h4-12H,1-3H3/b16-11-. The third-order valence-electron chi connectivity index (χ3n) is 4.20. The molecule has 1 fully saturated rings. The van der Waals surface area contributed by atoms with E-state index in [1.165, 1.54) is 27.3 Å². The first kappa shape index (κ1) is 18.2. The molecule has 4 amide bonds. The molecule has 7 nitrogen and oxygen atoms in total. The minimum atomic E-state index is -0.699. The third kappa shape index (κ3) is 3.27. The van der Waals surface area contributed by atoms with E-state index in [1.807, 2.05) is 0 Å². The van der Waals surface area contributed by atoms with E-state index >= 15 is 0 Å². The molecular weight excluding hydrogens is 348 g/mol. The topological polar surface area (TPSA) is 76.2 Å².